The van der Waals surface area contributed by atoms with E-state index in [0.29, 0.717) is 0 Å². The van der Waals surface area contributed by atoms with Gasteiger partial charge in [-0.05, 0) is 0 Å². The average Bonchev–Trinajstić information content (AvgIpc) is 2.80. The van der Waals surface area contributed by atoms with Gasteiger partial charge in [-0.25, -0.2) is 0 Å². The zero-order valence-electron chi connectivity index (χ0n) is 10.7. The van der Waals surface area contributed by atoms with Crippen molar-refractivity contribution >= 4 is 0 Å². The van der Waals surface area contributed by atoms with Crippen LogP contribution in [0.2, 0.25) is 0 Å². The molecule has 0 spiro atoms. The number of hydrogen-bond acceptors (Lipinski definition) is 0. The third-order valence-electron chi connectivity index (χ3n) is 2.63. The van der Waals surface area contributed by atoms with Crippen molar-refractivity contribution in [1.29, 1.82) is 0 Å². The van der Waals surface area contributed by atoms with Crippen LogP contribution in [-0.2, 0) is 22.9 Å². The van der Waals surface area contributed by atoms with Crippen molar-refractivity contribution in [2.45, 2.75) is 32.6 Å². The summed E-state index contributed by atoms with van der Waals surface area (Å²) in [6.07, 6.45) is 16.7. The van der Waals surface area contributed by atoms with E-state index in [-0.39, 0.29) is 2.85 Å². The third kappa shape index (κ3) is 2.44. The Morgan fingerprint density at radius 2 is 2.29 bits per heavy atom. The third-order valence-corrected chi connectivity index (χ3v) is 8.09. The summed E-state index contributed by atoms with van der Waals surface area (Å²) in [5.41, 5.74) is 1.68. The van der Waals surface area contributed by atoms with Crippen LogP contribution in [0.5, 0.6) is 0 Å². The Kier molecular flexibility index (Phi) is 3.74. The first kappa shape index (κ1) is 10.4. The molecule has 0 nitrogen and oxygen atoms in total. The van der Waals surface area contributed by atoms with Gasteiger partial charge < -0.3 is 2.85 Å². The van der Waals surface area contributed by atoms with Crippen molar-refractivity contribution in [2.75, 3.05) is 0 Å². The maximum Gasteiger partial charge on any atom is -1.00 e. The standard InChI is InChI=1S/C8H11.C5H5.Hf.2H/c1-2-5-8-6-3-4-7-8;1-2-4-5-3-1;;;/h3,6H,2,4-5H2,1H3;1-3H,4H2;;;/q;;;2*-1. The van der Waals surface area contributed by atoms with Crippen LogP contribution in [0.15, 0.2) is 42.6 Å². The van der Waals surface area contributed by atoms with Gasteiger partial charge in [-0.3, -0.25) is 0 Å². The van der Waals surface area contributed by atoms with E-state index in [1.807, 2.05) is 3.33 Å². The minimum Gasteiger partial charge on any atom is -1.00 e. The summed E-state index contributed by atoms with van der Waals surface area (Å²) in [7, 11) is 0. The largest absolute Gasteiger partial charge is 1.00 e. The fourth-order valence-electron chi connectivity index (χ4n) is 1.92. The Hall–Kier alpha value is -0.170. The van der Waals surface area contributed by atoms with Crippen LogP contribution in [0.1, 0.15) is 35.5 Å². The normalized spacial score (nSPS) is 19.4. The molecule has 1 heteroatoms. The molecule has 0 saturated carbocycles. The molecule has 0 aliphatic heterocycles. The fraction of sp³-hybridized carbons (Fsp3) is 0.385. The Bertz CT molecular complexity index is 338. The summed E-state index contributed by atoms with van der Waals surface area (Å²) in [6.45, 7) is 2.28. The van der Waals surface area contributed by atoms with Gasteiger partial charge in [0.2, 0.25) is 0 Å². The zero-order valence-corrected chi connectivity index (χ0v) is 12.3. The molecular formula is C13H18Hf-2. The Labute approximate surface area is 101 Å². The van der Waals surface area contributed by atoms with Gasteiger partial charge in [-0.15, -0.1) is 0 Å². The summed E-state index contributed by atoms with van der Waals surface area (Å²) < 4.78 is 3.62. The molecule has 0 aromatic heterocycles. The number of allylic oxidation sites excluding steroid dienone is 8. The van der Waals surface area contributed by atoms with Gasteiger partial charge in [0, 0.05) is 0 Å². The molecule has 0 saturated heterocycles. The van der Waals surface area contributed by atoms with Gasteiger partial charge in [0.15, 0.2) is 0 Å². The Morgan fingerprint density at radius 3 is 3.00 bits per heavy atom. The molecule has 0 aromatic rings. The molecule has 2 aliphatic carbocycles. The molecule has 0 aromatic carbocycles. The Balaban J connectivity index is 0.00000112. The molecule has 0 radical (unpaired) electrons. The second kappa shape index (κ2) is 5.06. The summed E-state index contributed by atoms with van der Waals surface area (Å²) in [5.74, 6) is 0. The molecule has 0 N–H and O–H groups in total. The van der Waals surface area contributed by atoms with Crippen molar-refractivity contribution in [3.63, 3.8) is 0 Å². The van der Waals surface area contributed by atoms with Crippen LogP contribution in [0.25, 0.3) is 0 Å². The van der Waals surface area contributed by atoms with Gasteiger partial charge in [-0.2, -0.15) is 0 Å². The van der Waals surface area contributed by atoms with Gasteiger partial charge in [0.1, 0.15) is 0 Å². The minimum atomic E-state index is -0.604. The first-order chi connectivity index (χ1) is 6.90. The van der Waals surface area contributed by atoms with E-state index < -0.39 is 22.9 Å². The van der Waals surface area contributed by atoms with Gasteiger partial charge in [-0.1, -0.05) is 0 Å². The van der Waals surface area contributed by atoms with Gasteiger partial charge in [0.25, 0.3) is 0 Å². The van der Waals surface area contributed by atoms with E-state index in [4.69, 9.17) is 0 Å². The quantitative estimate of drug-likeness (QED) is 0.667. The predicted molar refractivity (Wildman–Crippen MR) is 59.8 cm³/mol. The van der Waals surface area contributed by atoms with Gasteiger partial charge >= 0.3 is 98.1 Å². The zero-order chi connectivity index (χ0) is 9.80. The van der Waals surface area contributed by atoms with Crippen LogP contribution in [0.3, 0.4) is 0 Å². The summed E-state index contributed by atoms with van der Waals surface area (Å²) in [5, 5.41) is 0. The topological polar surface area (TPSA) is 0 Å². The van der Waals surface area contributed by atoms with Crippen molar-refractivity contribution in [1.82, 2.24) is 0 Å². The second-order valence-electron chi connectivity index (χ2n) is 3.81. The van der Waals surface area contributed by atoms with Crippen LogP contribution in [-0.4, -0.2) is 0 Å². The van der Waals surface area contributed by atoms with Crippen molar-refractivity contribution < 1.29 is 25.8 Å². The van der Waals surface area contributed by atoms with Crippen molar-refractivity contribution in [3.05, 3.63) is 42.6 Å². The molecular weight excluding hydrogens is 335 g/mol. The molecule has 2 rings (SSSR count). The summed E-state index contributed by atoms with van der Waals surface area (Å²) in [4.78, 5) is 0. The van der Waals surface area contributed by atoms with E-state index in [2.05, 4.69) is 37.3 Å². The number of hydrogen-bond donors (Lipinski definition) is 0. The maximum atomic E-state index is 2.37. The molecule has 2 aliphatic rings. The van der Waals surface area contributed by atoms with E-state index in [1.54, 1.807) is 8.90 Å². The molecule has 14 heavy (non-hydrogen) atoms. The molecule has 76 valence electrons. The average molecular weight is 353 g/mol. The summed E-state index contributed by atoms with van der Waals surface area (Å²) >= 11 is -0.604. The van der Waals surface area contributed by atoms with Crippen LogP contribution in [0, 0.1) is 0 Å². The molecule has 0 heterocycles. The van der Waals surface area contributed by atoms with Gasteiger partial charge in [0.05, 0.1) is 0 Å². The molecule has 0 unspecified atom stereocenters. The Morgan fingerprint density at radius 1 is 1.36 bits per heavy atom. The van der Waals surface area contributed by atoms with Crippen molar-refractivity contribution in [3.8, 4) is 0 Å². The first-order valence-corrected chi connectivity index (χ1v) is 9.00. The number of rotatable bonds is 4. The van der Waals surface area contributed by atoms with E-state index in [1.165, 1.54) is 25.7 Å². The van der Waals surface area contributed by atoms with E-state index in [0.717, 1.165) is 0 Å². The SMILES string of the molecule is CCCC1=[C]([Hf][C]2=CC=CC2)CC=C1.[H-].[H-]. The first-order valence-electron chi connectivity index (χ1n) is 5.41. The van der Waals surface area contributed by atoms with Crippen molar-refractivity contribution in [2.24, 2.45) is 0 Å². The van der Waals surface area contributed by atoms with Crippen LogP contribution < -0.4 is 0 Å². The summed E-state index contributed by atoms with van der Waals surface area (Å²) in [6, 6.07) is 0. The van der Waals surface area contributed by atoms with E-state index in [9.17, 15) is 0 Å². The molecule has 0 atom stereocenters. The predicted octanol–water partition coefficient (Wildman–Crippen LogP) is 4.15. The van der Waals surface area contributed by atoms with E-state index >= 15 is 0 Å². The molecule has 0 amide bonds. The second-order valence-corrected chi connectivity index (χ2v) is 9.18. The molecule has 0 bridgehead atoms. The minimum absolute atomic E-state index is 0. The maximum absolute atomic E-state index is 2.37. The fourth-order valence-corrected chi connectivity index (χ4v) is 6.86. The smallest absolute Gasteiger partial charge is 1.00 e. The molecule has 0 fully saturated rings. The monoisotopic (exact) mass is 354 g/mol. The van der Waals surface area contributed by atoms with Crippen LogP contribution >= 0.6 is 0 Å². The van der Waals surface area contributed by atoms with Crippen LogP contribution in [0.4, 0.5) is 0 Å².